The predicted molar refractivity (Wildman–Crippen MR) is 87.2 cm³/mol. The topological polar surface area (TPSA) is 68.5 Å². The standard InChI is InChI=1S/C16H21N3O3S/c1-21-10-13-4-2-3-8-19(13)15(20)6-5-14-17-18-16(22-14)12-7-9-23-11-12/h7,9,11,13H,2-6,8,10H2,1H3/t13-/m0/s1. The molecule has 1 saturated heterocycles. The summed E-state index contributed by atoms with van der Waals surface area (Å²) in [7, 11) is 1.68. The van der Waals surface area contributed by atoms with Gasteiger partial charge >= 0.3 is 0 Å². The summed E-state index contributed by atoms with van der Waals surface area (Å²) in [4.78, 5) is 14.4. The molecule has 1 amide bonds. The number of hydrogen-bond donors (Lipinski definition) is 0. The highest BCUT2D eigenvalue weighted by atomic mass is 32.1. The van der Waals surface area contributed by atoms with Gasteiger partial charge < -0.3 is 14.1 Å². The Balaban J connectivity index is 1.56. The molecule has 0 saturated carbocycles. The Bertz CT molecular complexity index is 624. The van der Waals surface area contributed by atoms with Crippen LogP contribution in [0.25, 0.3) is 11.5 Å². The number of ether oxygens (including phenoxy) is 1. The zero-order chi connectivity index (χ0) is 16.1. The van der Waals surface area contributed by atoms with Crippen LogP contribution in [0.15, 0.2) is 21.2 Å². The second-order valence-electron chi connectivity index (χ2n) is 5.71. The minimum absolute atomic E-state index is 0.141. The van der Waals surface area contributed by atoms with Crippen molar-refractivity contribution in [1.82, 2.24) is 15.1 Å². The fraction of sp³-hybridized carbons (Fsp3) is 0.562. The number of carbonyl (C=O) groups excluding carboxylic acids is 1. The van der Waals surface area contributed by atoms with E-state index in [1.165, 1.54) is 0 Å². The van der Waals surface area contributed by atoms with Crippen LogP contribution in [-0.2, 0) is 16.0 Å². The van der Waals surface area contributed by atoms with E-state index in [2.05, 4.69) is 10.2 Å². The molecule has 0 N–H and O–H groups in total. The number of piperidine rings is 1. The lowest BCUT2D eigenvalue weighted by molar-refractivity contribution is -0.136. The molecule has 0 spiro atoms. The summed E-state index contributed by atoms with van der Waals surface area (Å²) in [6, 6.07) is 2.14. The number of methoxy groups -OCH3 is 1. The first-order chi connectivity index (χ1) is 11.3. The SMILES string of the molecule is COC[C@@H]1CCCCN1C(=O)CCc1nnc(-c2ccsc2)o1. The first kappa shape index (κ1) is 16.1. The number of rotatable bonds is 6. The molecule has 1 atom stereocenters. The summed E-state index contributed by atoms with van der Waals surface area (Å²) in [5.41, 5.74) is 0.927. The molecular weight excluding hydrogens is 314 g/mol. The van der Waals surface area contributed by atoms with E-state index in [0.29, 0.717) is 31.2 Å². The Morgan fingerprint density at radius 1 is 1.48 bits per heavy atom. The largest absolute Gasteiger partial charge is 0.421 e. The van der Waals surface area contributed by atoms with Gasteiger partial charge in [-0.05, 0) is 30.7 Å². The lowest BCUT2D eigenvalue weighted by Gasteiger charge is -2.35. The van der Waals surface area contributed by atoms with Crippen molar-refractivity contribution in [3.05, 3.63) is 22.7 Å². The van der Waals surface area contributed by atoms with Crippen LogP contribution in [0, 0.1) is 0 Å². The van der Waals surface area contributed by atoms with Gasteiger partial charge in [0, 0.05) is 37.4 Å². The second-order valence-corrected chi connectivity index (χ2v) is 6.49. The zero-order valence-electron chi connectivity index (χ0n) is 13.2. The Morgan fingerprint density at radius 2 is 2.39 bits per heavy atom. The van der Waals surface area contributed by atoms with Gasteiger partial charge in [0.2, 0.25) is 17.7 Å². The molecule has 6 nitrogen and oxygen atoms in total. The van der Waals surface area contributed by atoms with Crippen LogP contribution in [0.4, 0.5) is 0 Å². The van der Waals surface area contributed by atoms with Gasteiger partial charge in [-0.25, -0.2) is 0 Å². The van der Waals surface area contributed by atoms with Gasteiger partial charge in [0.25, 0.3) is 0 Å². The monoisotopic (exact) mass is 335 g/mol. The molecule has 0 aromatic carbocycles. The van der Waals surface area contributed by atoms with E-state index >= 15 is 0 Å². The van der Waals surface area contributed by atoms with Crippen LogP contribution in [0.2, 0.25) is 0 Å². The average Bonchev–Trinajstić information content (AvgIpc) is 3.24. The second kappa shape index (κ2) is 7.70. The van der Waals surface area contributed by atoms with Crippen LogP contribution in [0.3, 0.4) is 0 Å². The molecule has 1 aliphatic heterocycles. The fourth-order valence-corrected chi connectivity index (χ4v) is 3.54. The number of likely N-dealkylation sites (tertiary alicyclic amines) is 1. The van der Waals surface area contributed by atoms with Gasteiger partial charge in [-0.15, -0.1) is 10.2 Å². The van der Waals surface area contributed by atoms with Gasteiger partial charge in [-0.1, -0.05) is 0 Å². The molecule has 2 aromatic rings. The predicted octanol–water partition coefficient (Wildman–Crippen LogP) is 2.76. The molecule has 3 heterocycles. The van der Waals surface area contributed by atoms with Crippen LogP contribution >= 0.6 is 11.3 Å². The maximum absolute atomic E-state index is 12.5. The Hall–Kier alpha value is -1.73. The normalized spacial score (nSPS) is 18.3. The van der Waals surface area contributed by atoms with Gasteiger partial charge in [0.05, 0.1) is 12.6 Å². The summed E-state index contributed by atoms with van der Waals surface area (Å²) in [6.07, 6.45) is 4.11. The lowest BCUT2D eigenvalue weighted by atomic mass is 10.0. The molecular formula is C16H21N3O3S. The first-order valence-corrected chi connectivity index (χ1v) is 8.85. The highest BCUT2D eigenvalue weighted by Gasteiger charge is 2.26. The molecule has 0 bridgehead atoms. The smallest absolute Gasteiger partial charge is 0.248 e. The summed E-state index contributed by atoms with van der Waals surface area (Å²) in [5.74, 6) is 1.17. The van der Waals surface area contributed by atoms with Crippen molar-refractivity contribution in [3.63, 3.8) is 0 Å². The number of carbonyl (C=O) groups is 1. The zero-order valence-corrected chi connectivity index (χ0v) is 14.1. The fourth-order valence-electron chi connectivity index (χ4n) is 2.91. The Kier molecular flexibility index (Phi) is 5.40. The van der Waals surface area contributed by atoms with E-state index < -0.39 is 0 Å². The van der Waals surface area contributed by atoms with E-state index in [9.17, 15) is 4.79 Å². The van der Waals surface area contributed by atoms with Crippen molar-refractivity contribution in [3.8, 4) is 11.5 Å². The maximum Gasteiger partial charge on any atom is 0.248 e. The lowest BCUT2D eigenvalue weighted by Crippen LogP contribution is -2.46. The number of nitrogens with zero attached hydrogens (tertiary/aromatic N) is 3. The Morgan fingerprint density at radius 3 is 3.17 bits per heavy atom. The van der Waals surface area contributed by atoms with Crippen molar-refractivity contribution in [2.24, 2.45) is 0 Å². The molecule has 1 fully saturated rings. The third-order valence-electron chi connectivity index (χ3n) is 4.09. The van der Waals surface area contributed by atoms with Crippen molar-refractivity contribution in [2.45, 2.75) is 38.1 Å². The number of aryl methyl sites for hydroxylation is 1. The van der Waals surface area contributed by atoms with E-state index in [-0.39, 0.29) is 11.9 Å². The molecule has 23 heavy (non-hydrogen) atoms. The molecule has 0 unspecified atom stereocenters. The molecule has 124 valence electrons. The maximum atomic E-state index is 12.5. The third kappa shape index (κ3) is 3.97. The summed E-state index contributed by atoms with van der Waals surface area (Å²) in [5, 5.41) is 12.0. The van der Waals surface area contributed by atoms with E-state index in [0.717, 1.165) is 31.4 Å². The van der Waals surface area contributed by atoms with Crippen LogP contribution in [-0.4, -0.2) is 47.3 Å². The minimum atomic E-state index is 0.141. The molecule has 0 aliphatic carbocycles. The van der Waals surface area contributed by atoms with Crippen molar-refractivity contribution in [1.29, 1.82) is 0 Å². The number of aromatic nitrogens is 2. The quantitative estimate of drug-likeness (QED) is 0.812. The molecule has 0 radical (unpaired) electrons. The van der Waals surface area contributed by atoms with E-state index in [1.54, 1.807) is 18.4 Å². The van der Waals surface area contributed by atoms with Gasteiger partial charge in [0.15, 0.2) is 0 Å². The number of amides is 1. The van der Waals surface area contributed by atoms with Gasteiger partial charge in [-0.2, -0.15) is 11.3 Å². The summed E-state index contributed by atoms with van der Waals surface area (Å²) in [6.45, 7) is 1.42. The first-order valence-electron chi connectivity index (χ1n) is 7.91. The third-order valence-corrected chi connectivity index (χ3v) is 4.78. The minimum Gasteiger partial charge on any atom is -0.421 e. The van der Waals surface area contributed by atoms with E-state index in [1.807, 2.05) is 21.7 Å². The Labute approximate surface area is 139 Å². The van der Waals surface area contributed by atoms with E-state index in [4.69, 9.17) is 9.15 Å². The van der Waals surface area contributed by atoms with Crippen molar-refractivity contribution in [2.75, 3.05) is 20.3 Å². The van der Waals surface area contributed by atoms with Crippen molar-refractivity contribution < 1.29 is 13.9 Å². The summed E-state index contributed by atoms with van der Waals surface area (Å²) >= 11 is 1.59. The average molecular weight is 335 g/mol. The molecule has 2 aromatic heterocycles. The molecule has 1 aliphatic rings. The molecule has 3 rings (SSSR count). The van der Waals surface area contributed by atoms with Crippen LogP contribution < -0.4 is 0 Å². The van der Waals surface area contributed by atoms with Crippen molar-refractivity contribution >= 4 is 17.2 Å². The van der Waals surface area contributed by atoms with Gasteiger partial charge in [-0.3, -0.25) is 4.79 Å². The van der Waals surface area contributed by atoms with Crippen LogP contribution in [0.5, 0.6) is 0 Å². The number of thiophene rings is 1. The van der Waals surface area contributed by atoms with Crippen LogP contribution in [0.1, 0.15) is 31.6 Å². The summed E-state index contributed by atoms with van der Waals surface area (Å²) < 4.78 is 10.9. The highest BCUT2D eigenvalue weighted by Crippen LogP contribution is 2.22. The van der Waals surface area contributed by atoms with Gasteiger partial charge in [0.1, 0.15) is 0 Å². The molecule has 7 heteroatoms. The number of hydrogen-bond acceptors (Lipinski definition) is 6. The highest BCUT2D eigenvalue weighted by molar-refractivity contribution is 7.08.